The van der Waals surface area contributed by atoms with Gasteiger partial charge in [0.25, 0.3) is 0 Å². The molecule has 1 nitrogen and oxygen atoms in total. The van der Waals surface area contributed by atoms with Gasteiger partial charge in [-0.1, -0.05) is 11.6 Å². The summed E-state index contributed by atoms with van der Waals surface area (Å²) >= 11 is 5.69. The fourth-order valence-electron chi connectivity index (χ4n) is 1.43. The highest BCUT2D eigenvalue weighted by atomic mass is 35.5. The molecule has 0 aliphatic carbocycles. The predicted molar refractivity (Wildman–Crippen MR) is 58.6 cm³/mol. The number of hydrogen-bond donors (Lipinski definition) is 0. The van der Waals surface area contributed by atoms with Gasteiger partial charge >= 0.3 is 6.18 Å². The van der Waals surface area contributed by atoms with Gasteiger partial charge in [0.15, 0.2) is 0 Å². The first kappa shape index (κ1) is 12.0. The minimum atomic E-state index is -4.53. The average molecular weight is 260 g/mol. The third-order valence-electron chi connectivity index (χ3n) is 2.20. The molecule has 0 atom stereocenters. The van der Waals surface area contributed by atoms with Crippen LogP contribution in [0.3, 0.4) is 0 Å². The maximum Gasteiger partial charge on any atom is 0.449 e. The molecule has 1 radical (unpaired) electrons. The van der Waals surface area contributed by atoms with E-state index < -0.39 is 11.9 Å². The van der Waals surface area contributed by atoms with Crippen LogP contribution in [0.15, 0.2) is 34.7 Å². The van der Waals surface area contributed by atoms with Crippen LogP contribution in [0.4, 0.5) is 13.2 Å². The maximum absolute atomic E-state index is 12.5. The molecule has 2 rings (SSSR count). The minimum Gasteiger partial charge on any atom is -0.451 e. The molecule has 0 spiro atoms. The highest BCUT2D eigenvalue weighted by Gasteiger charge is 2.37. The molecule has 2 aromatic rings. The number of rotatable bonds is 1. The van der Waals surface area contributed by atoms with Crippen molar-refractivity contribution in [3.63, 3.8) is 0 Å². The third kappa shape index (κ3) is 2.47. The normalized spacial score (nSPS) is 11.8. The zero-order chi connectivity index (χ0) is 12.6. The number of halogens is 4. The highest BCUT2D eigenvalue weighted by Crippen LogP contribution is 2.36. The monoisotopic (exact) mass is 259 g/mol. The van der Waals surface area contributed by atoms with Crippen molar-refractivity contribution in [1.29, 1.82) is 0 Å². The Labute approximate surface area is 101 Å². The van der Waals surface area contributed by atoms with Crippen molar-refractivity contribution in [2.75, 3.05) is 0 Å². The summed E-state index contributed by atoms with van der Waals surface area (Å²) < 4.78 is 42.2. The van der Waals surface area contributed by atoms with Gasteiger partial charge in [0.1, 0.15) is 5.76 Å². The number of alkyl halides is 3. The Balaban J connectivity index is 2.45. The second kappa shape index (κ2) is 4.11. The van der Waals surface area contributed by atoms with Gasteiger partial charge in [-0.25, -0.2) is 0 Å². The van der Waals surface area contributed by atoms with E-state index in [0.717, 1.165) is 0 Å². The summed E-state index contributed by atoms with van der Waals surface area (Å²) in [5.74, 6) is -0.943. The molecule has 0 saturated heterocycles. The van der Waals surface area contributed by atoms with Gasteiger partial charge in [0.05, 0.1) is 0 Å². The van der Waals surface area contributed by atoms with Crippen LogP contribution < -0.4 is 0 Å². The standard InChI is InChI=1S/C12H7ClF3O/c1-7-6-10(17-11(7)12(14,15)16)8-2-4-9(13)5-3-8/h2-6H,1H2. The first-order valence-corrected chi connectivity index (χ1v) is 5.04. The number of hydrogen-bond acceptors (Lipinski definition) is 1. The highest BCUT2D eigenvalue weighted by molar-refractivity contribution is 6.30. The van der Waals surface area contributed by atoms with Crippen molar-refractivity contribution in [2.45, 2.75) is 6.18 Å². The Kier molecular flexibility index (Phi) is 2.91. The molecule has 0 saturated carbocycles. The lowest BCUT2D eigenvalue weighted by Crippen LogP contribution is -2.04. The molecule has 1 aromatic carbocycles. The summed E-state index contributed by atoms with van der Waals surface area (Å²) in [5.41, 5.74) is 0.345. The van der Waals surface area contributed by atoms with E-state index in [9.17, 15) is 13.2 Å². The molecule has 1 aromatic heterocycles. The van der Waals surface area contributed by atoms with Gasteiger partial charge in [0.2, 0.25) is 5.76 Å². The molecule has 89 valence electrons. The Morgan fingerprint density at radius 3 is 2.18 bits per heavy atom. The summed E-state index contributed by atoms with van der Waals surface area (Å²) in [6, 6.07) is 7.58. The van der Waals surface area contributed by atoms with Crippen LogP contribution in [0.25, 0.3) is 11.3 Å². The zero-order valence-electron chi connectivity index (χ0n) is 8.51. The number of furan rings is 1. The van der Waals surface area contributed by atoms with Crippen LogP contribution in [0.1, 0.15) is 11.3 Å². The Bertz CT molecular complexity index is 526. The van der Waals surface area contributed by atoms with E-state index >= 15 is 0 Å². The first-order valence-electron chi connectivity index (χ1n) is 4.67. The topological polar surface area (TPSA) is 13.1 Å². The van der Waals surface area contributed by atoms with E-state index in [4.69, 9.17) is 16.0 Å². The molecule has 0 amide bonds. The van der Waals surface area contributed by atoms with E-state index in [1.54, 1.807) is 24.3 Å². The van der Waals surface area contributed by atoms with Gasteiger partial charge in [-0.15, -0.1) is 0 Å². The van der Waals surface area contributed by atoms with Gasteiger partial charge in [-0.2, -0.15) is 13.2 Å². The van der Waals surface area contributed by atoms with Crippen LogP contribution in [0, 0.1) is 6.92 Å². The zero-order valence-corrected chi connectivity index (χ0v) is 9.27. The Morgan fingerprint density at radius 1 is 1.12 bits per heavy atom. The molecular formula is C12H7ClF3O. The Hall–Kier alpha value is -1.42. The second-order valence-corrected chi connectivity index (χ2v) is 3.91. The van der Waals surface area contributed by atoms with Crippen LogP contribution in [-0.2, 0) is 6.18 Å². The van der Waals surface area contributed by atoms with Gasteiger partial charge in [0, 0.05) is 16.1 Å². The quantitative estimate of drug-likeness (QED) is 0.717. The van der Waals surface area contributed by atoms with E-state index in [1.807, 2.05) is 0 Å². The molecule has 0 bridgehead atoms. The van der Waals surface area contributed by atoms with Crippen molar-refractivity contribution < 1.29 is 17.6 Å². The SMILES string of the molecule is [CH2]c1cc(-c2ccc(Cl)cc2)oc1C(F)(F)F. The lowest BCUT2D eigenvalue weighted by molar-refractivity contribution is -0.152. The van der Waals surface area contributed by atoms with E-state index in [2.05, 4.69) is 6.92 Å². The third-order valence-corrected chi connectivity index (χ3v) is 2.45. The molecular weight excluding hydrogens is 253 g/mol. The molecule has 17 heavy (non-hydrogen) atoms. The smallest absolute Gasteiger partial charge is 0.449 e. The van der Waals surface area contributed by atoms with Crippen LogP contribution >= 0.6 is 11.6 Å². The van der Waals surface area contributed by atoms with E-state index in [0.29, 0.717) is 10.6 Å². The van der Waals surface area contributed by atoms with Crippen molar-refractivity contribution >= 4 is 11.6 Å². The van der Waals surface area contributed by atoms with E-state index in [1.165, 1.54) is 6.07 Å². The summed E-state index contributed by atoms with van der Waals surface area (Å²) in [5, 5.41) is 0.506. The van der Waals surface area contributed by atoms with Gasteiger partial charge in [-0.3, -0.25) is 0 Å². The fourth-order valence-corrected chi connectivity index (χ4v) is 1.55. The van der Waals surface area contributed by atoms with Crippen molar-refractivity contribution in [2.24, 2.45) is 0 Å². The van der Waals surface area contributed by atoms with Gasteiger partial charge in [-0.05, 0) is 37.3 Å². The van der Waals surface area contributed by atoms with Crippen LogP contribution in [-0.4, -0.2) is 0 Å². The molecule has 0 N–H and O–H groups in total. The summed E-state index contributed by atoms with van der Waals surface area (Å²) in [6.45, 7) is 3.31. The fraction of sp³-hybridized carbons (Fsp3) is 0.0833. The molecule has 5 heteroatoms. The summed E-state index contributed by atoms with van der Waals surface area (Å²) in [7, 11) is 0. The second-order valence-electron chi connectivity index (χ2n) is 3.47. The Morgan fingerprint density at radius 2 is 1.71 bits per heavy atom. The van der Waals surface area contributed by atoms with E-state index in [-0.39, 0.29) is 11.3 Å². The average Bonchev–Trinajstić information content (AvgIpc) is 2.61. The molecule has 0 aliphatic heterocycles. The maximum atomic E-state index is 12.5. The summed E-state index contributed by atoms with van der Waals surface area (Å²) in [4.78, 5) is 0. The molecule has 0 unspecified atom stereocenters. The van der Waals surface area contributed by atoms with Crippen molar-refractivity contribution in [3.05, 3.63) is 53.6 Å². The largest absolute Gasteiger partial charge is 0.451 e. The first-order chi connectivity index (χ1) is 7.88. The lowest BCUT2D eigenvalue weighted by Gasteiger charge is -2.02. The van der Waals surface area contributed by atoms with Gasteiger partial charge < -0.3 is 4.42 Å². The van der Waals surface area contributed by atoms with Crippen LogP contribution in [0.5, 0.6) is 0 Å². The molecule has 0 aliphatic rings. The molecule has 1 heterocycles. The minimum absolute atomic E-state index is 0.124. The molecule has 0 fully saturated rings. The summed E-state index contributed by atoms with van der Waals surface area (Å²) in [6.07, 6.45) is -4.53. The lowest BCUT2D eigenvalue weighted by atomic mass is 10.1. The van der Waals surface area contributed by atoms with Crippen molar-refractivity contribution in [3.8, 4) is 11.3 Å². The van der Waals surface area contributed by atoms with Crippen LogP contribution in [0.2, 0.25) is 5.02 Å². The van der Waals surface area contributed by atoms with Crippen molar-refractivity contribution in [1.82, 2.24) is 0 Å². The predicted octanol–water partition coefficient (Wildman–Crippen LogP) is 4.80. The number of benzene rings is 1.